The Morgan fingerprint density at radius 1 is 0.578 bits per heavy atom. The van der Waals surface area contributed by atoms with Crippen LogP contribution in [0.25, 0.3) is 66.4 Å². The molecule has 4 heteroatoms. The molecule has 0 saturated heterocycles. The SMILES string of the molecule is Cc1c[c-]c(-c2ccc(C)cn2)cc1.Cc1ccnc(-c2[c-]ccc(-c3cccc4c3ccc3oc5ccccc5c34)c2)c1.[Ir]. The Morgan fingerprint density at radius 2 is 1.42 bits per heavy atom. The van der Waals surface area contributed by atoms with Crippen molar-refractivity contribution in [2.45, 2.75) is 20.8 Å². The molecule has 221 valence electrons. The second kappa shape index (κ2) is 13.0. The summed E-state index contributed by atoms with van der Waals surface area (Å²) >= 11 is 0. The van der Waals surface area contributed by atoms with Crippen molar-refractivity contribution in [2.24, 2.45) is 0 Å². The van der Waals surface area contributed by atoms with Crippen molar-refractivity contribution in [3.8, 4) is 33.6 Å². The van der Waals surface area contributed by atoms with Crippen molar-refractivity contribution in [1.82, 2.24) is 9.97 Å². The number of pyridine rings is 2. The van der Waals surface area contributed by atoms with E-state index in [1.54, 1.807) is 0 Å². The maximum atomic E-state index is 6.08. The smallest absolute Gasteiger partial charge is 0.136 e. The van der Waals surface area contributed by atoms with Gasteiger partial charge in [-0.2, -0.15) is 0 Å². The molecule has 8 rings (SSSR count). The molecule has 0 fully saturated rings. The largest absolute Gasteiger partial charge is 0.456 e. The van der Waals surface area contributed by atoms with E-state index >= 15 is 0 Å². The van der Waals surface area contributed by atoms with Gasteiger partial charge in [0.15, 0.2) is 0 Å². The minimum atomic E-state index is 0. The summed E-state index contributed by atoms with van der Waals surface area (Å²) in [6.07, 6.45) is 3.73. The summed E-state index contributed by atoms with van der Waals surface area (Å²) in [6, 6.07) is 46.1. The molecule has 3 aromatic heterocycles. The molecule has 1 radical (unpaired) electrons. The van der Waals surface area contributed by atoms with E-state index in [4.69, 9.17) is 4.42 Å². The van der Waals surface area contributed by atoms with Gasteiger partial charge in [0.2, 0.25) is 0 Å². The van der Waals surface area contributed by atoms with Crippen LogP contribution in [0.2, 0.25) is 0 Å². The maximum absolute atomic E-state index is 6.08. The van der Waals surface area contributed by atoms with Gasteiger partial charge >= 0.3 is 0 Å². The number of hydrogen-bond acceptors (Lipinski definition) is 3. The number of aromatic nitrogens is 2. The van der Waals surface area contributed by atoms with Gasteiger partial charge in [0.25, 0.3) is 0 Å². The molecule has 0 aliphatic carbocycles. The molecule has 0 atom stereocenters. The van der Waals surface area contributed by atoms with Crippen molar-refractivity contribution >= 4 is 32.7 Å². The first kappa shape index (κ1) is 30.1. The summed E-state index contributed by atoms with van der Waals surface area (Å²) in [7, 11) is 0. The van der Waals surface area contributed by atoms with Crippen LogP contribution in [0.3, 0.4) is 0 Å². The summed E-state index contributed by atoms with van der Waals surface area (Å²) in [5.41, 5.74) is 11.8. The molecule has 0 aliphatic rings. The topological polar surface area (TPSA) is 38.9 Å². The molecule has 0 spiro atoms. The van der Waals surface area contributed by atoms with Gasteiger partial charge in [-0.05, 0) is 65.3 Å². The monoisotopic (exact) mass is 759 g/mol. The summed E-state index contributed by atoms with van der Waals surface area (Å²) in [4.78, 5) is 8.88. The van der Waals surface area contributed by atoms with Gasteiger partial charge in [-0.1, -0.05) is 73.2 Å². The van der Waals surface area contributed by atoms with Crippen molar-refractivity contribution in [3.05, 3.63) is 156 Å². The number of para-hydroxylation sites is 1. The minimum absolute atomic E-state index is 0. The quantitative estimate of drug-likeness (QED) is 0.168. The van der Waals surface area contributed by atoms with E-state index in [0.717, 1.165) is 44.6 Å². The van der Waals surface area contributed by atoms with Gasteiger partial charge in [0.1, 0.15) is 11.2 Å². The predicted molar refractivity (Wildman–Crippen MR) is 181 cm³/mol. The number of nitrogens with zero attached hydrogens (tertiary/aromatic N) is 2. The zero-order valence-corrected chi connectivity index (χ0v) is 27.7. The molecule has 0 unspecified atom stereocenters. The van der Waals surface area contributed by atoms with Gasteiger partial charge in [0, 0.05) is 43.3 Å². The predicted octanol–water partition coefficient (Wildman–Crippen LogP) is 10.7. The summed E-state index contributed by atoms with van der Waals surface area (Å²) < 4.78 is 6.08. The molecule has 0 amide bonds. The average Bonchev–Trinajstić information content (AvgIpc) is 3.45. The molecular weight excluding hydrogens is 729 g/mol. The molecular formula is C41H30IrN2O-2. The molecule has 0 bridgehead atoms. The van der Waals surface area contributed by atoms with E-state index in [1.807, 2.05) is 61.8 Å². The number of furan rings is 1. The van der Waals surface area contributed by atoms with Crippen LogP contribution < -0.4 is 0 Å². The van der Waals surface area contributed by atoms with Gasteiger partial charge in [0.05, 0.1) is 0 Å². The van der Waals surface area contributed by atoms with E-state index < -0.39 is 0 Å². The third kappa shape index (κ3) is 6.21. The van der Waals surface area contributed by atoms with Crippen LogP contribution in [0.15, 0.2) is 132 Å². The summed E-state index contributed by atoms with van der Waals surface area (Å²) in [5.74, 6) is 0. The molecule has 3 nitrogen and oxygen atoms in total. The van der Waals surface area contributed by atoms with Crippen molar-refractivity contribution in [3.63, 3.8) is 0 Å². The van der Waals surface area contributed by atoms with Crippen LogP contribution in [0.4, 0.5) is 0 Å². The molecule has 0 aliphatic heterocycles. The second-order valence-corrected chi connectivity index (χ2v) is 11.1. The average molecular weight is 759 g/mol. The molecule has 0 saturated carbocycles. The maximum Gasteiger partial charge on any atom is 0.136 e. The molecule has 5 aromatic carbocycles. The van der Waals surface area contributed by atoms with Gasteiger partial charge in [-0.3, -0.25) is 0 Å². The van der Waals surface area contributed by atoms with Gasteiger partial charge < -0.3 is 14.4 Å². The normalized spacial score (nSPS) is 10.8. The zero-order chi connectivity index (χ0) is 30.0. The number of rotatable bonds is 3. The van der Waals surface area contributed by atoms with E-state index in [0.29, 0.717) is 0 Å². The first-order valence-corrected chi connectivity index (χ1v) is 14.7. The van der Waals surface area contributed by atoms with Gasteiger partial charge in [-0.15, -0.1) is 70.8 Å². The first-order valence-electron chi connectivity index (χ1n) is 14.7. The van der Waals surface area contributed by atoms with E-state index in [-0.39, 0.29) is 20.1 Å². The molecule has 3 heterocycles. The molecule has 0 N–H and O–H groups in total. The van der Waals surface area contributed by atoms with Crippen LogP contribution >= 0.6 is 0 Å². The molecule has 8 aromatic rings. The Labute approximate surface area is 277 Å². The first-order chi connectivity index (χ1) is 21.5. The Bertz CT molecular complexity index is 2210. The van der Waals surface area contributed by atoms with Crippen LogP contribution in [0.1, 0.15) is 16.7 Å². The zero-order valence-electron chi connectivity index (χ0n) is 25.3. The fraction of sp³-hybridized carbons (Fsp3) is 0.0732. The fourth-order valence-electron chi connectivity index (χ4n) is 5.59. The third-order valence-corrected chi connectivity index (χ3v) is 7.86. The van der Waals surface area contributed by atoms with Crippen molar-refractivity contribution < 1.29 is 24.5 Å². The fourth-order valence-corrected chi connectivity index (χ4v) is 5.59. The second-order valence-electron chi connectivity index (χ2n) is 11.1. The Morgan fingerprint density at radius 3 is 2.22 bits per heavy atom. The van der Waals surface area contributed by atoms with Crippen LogP contribution in [-0.2, 0) is 20.1 Å². The number of benzene rings is 5. The molecule has 45 heavy (non-hydrogen) atoms. The Hall–Kier alpha value is -4.89. The summed E-state index contributed by atoms with van der Waals surface area (Å²) in [5, 5.41) is 4.75. The number of fused-ring (bicyclic) bond motifs is 5. The number of hydrogen-bond donors (Lipinski definition) is 0. The van der Waals surface area contributed by atoms with E-state index in [2.05, 4.69) is 109 Å². The third-order valence-electron chi connectivity index (χ3n) is 7.86. The standard InChI is InChI=1S/C28H18NO.C13H12N.Ir/c1-18-14-15-29-25(16-18)20-7-4-6-19(17-20)21-9-5-10-23-22(21)12-13-27-28(23)24-8-2-3-11-26(24)30-27;1-10-3-6-12(7-4-10)13-8-5-11(2)9-14-13;/h2-6,8-17H,1H3;3-6,8-9H,1-2H3;/q2*-1;. The van der Waals surface area contributed by atoms with Crippen LogP contribution in [0, 0.1) is 32.9 Å². The Kier molecular flexibility index (Phi) is 8.71. The number of aryl methyl sites for hydroxylation is 3. The van der Waals surface area contributed by atoms with E-state index in [9.17, 15) is 0 Å². The van der Waals surface area contributed by atoms with Crippen LogP contribution in [0.5, 0.6) is 0 Å². The summed E-state index contributed by atoms with van der Waals surface area (Å²) in [6.45, 7) is 6.18. The minimum Gasteiger partial charge on any atom is -0.456 e. The van der Waals surface area contributed by atoms with Crippen molar-refractivity contribution in [2.75, 3.05) is 0 Å². The van der Waals surface area contributed by atoms with Crippen molar-refractivity contribution in [1.29, 1.82) is 0 Å². The Balaban J connectivity index is 0.000000201. The van der Waals surface area contributed by atoms with E-state index in [1.165, 1.54) is 38.4 Å². The van der Waals surface area contributed by atoms with Crippen LogP contribution in [-0.4, -0.2) is 9.97 Å². The van der Waals surface area contributed by atoms with Gasteiger partial charge in [-0.25, -0.2) is 0 Å².